The highest BCUT2D eigenvalue weighted by atomic mass is 32.1. The number of rotatable bonds is 8. The van der Waals surface area contributed by atoms with Gasteiger partial charge in [-0.25, -0.2) is 4.68 Å². The number of nitrogens with one attached hydrogen (secondary N) is 1. The second kappa shape index (κ2) is 9.98. The Kier molecular flexibility index (Phi) is 6.79. The minimum absolute atomic E-state index is 0.237. The lowest BCUT2D eigenvalue weighted by Crippen LogP contribution is -2.38. The number of fused-ring (bicyclic) bond motifs is 3. The molecule has 0 radical (unpaired) electrons. The van der Waals surface area contributed by atoms with E-state index in [2.05, 4.69) is 25.2 Å². The average molecular weight is 499 g/mol. The van der Waals surface area contributed by atoms with Crippen LogP contribution >= 0.6 is 11.3 Å². The van der Waals surface area contributed by atoms with E-state index in [0.717, 1.165) is 40.2 Å². The molecule has 10 heteroatoms. The van der Waals surface area contributed by atoms with Crippen molar-refractivity contribution in [3.05, 3.63) is 45.8 Å². The van der Waals surface area contributed by atoms with Crippen LogP contribution in [0.3, 0.4) is 0 Å². The second-order valence-electron chi connectivity index (χ2n) is 9.10. The van der Waals surface area contributed by atoms with Crippen LogP contribution in [-0.2, 0) is 17.8 Å². The van der Waals surface area contributed by atoms with Gasteiger partial charge in [0.05, 0.1) is 25.1 Å². The fourth-order valence-electron chi connectivity index (χ4n) is 4.57. The number of methoxy groups -OCH3 is 1. The summed E-state index contributed by atoms with van der Waals surface area (Å²) >= 11 is 1.58. The highest BCUT2D eigenvalue weighted by molar-refractivity contribution is 7.08. The Morgan fingerprint density at radius 3 is 2.94 bits per heavy atom. The molecule has 0 aliphatic carbocycles. The molecule has 0 spiro atoms. The van der Waals surface area contributed by atoms with E-state index < -0.39 is 6.41 Å². The van der Waals surface area contributed by atoms with Gasteiger partial charge in [0.25, 0.3) is 5.91 Å². The molecular formula is C25H30N4O5S. The van der Waals surface area contributed by atoms with Crippen molar-refractivity contribution >= 4 is 17.2 Å². The lowest BCUT2D eigenvalue weighted by atomic mass is 9.95. The summed E-state index contributed by atoms with van der Waals surface area (Å²) in [5.41, 5.74) is 4.86. The topological polar surface area (TPSA) is 98.1 Å². The number of carbonyl (C=O) groups is 1. The predicted octanol–water partition coefficient (Wildman–Crippen LogP) is 3.04. The first kappa shape index (κ1) is 23.8. The van der Waals surface area contributed by atoms with Crippen LogP contribution < -0.4 is 14.8 Å². The number of ether oxygens (including phenoxy) is 3. The van der Waals surface area contributed by atoms with Gasteiger partial charge in [-0.1, -0.05) is 13.8 Å². The van der Waals surface area contributed by atoms with E-state index in [4.69, 9.17) is 19.3 Å². The van der Waals surface area contributed by atoms with Crippen molar-refractivity contribution in [1.29, 1.82) is 0 Å². The molecule has 35 heavy (non-hydrogen) atoms. The highest BCUT2D eigenvalue weighted by Gasteiger charge is 2.31. The van der Waals surface area contributed by atoms with Gasteiger partial charge in [0.2, 0.25) is 6.41 Å². The van der Waals surface area contributed by atoms with Crippen molar-refractivity contribution in [2.75, 3.05) is 33.4 Å². The lowest BCUT2D eigenvalue weighted by Gasteiger charge is -2.22. The molecule has 4 heterocycles. The van der Waals surface area contributed by atoms with Crippen LogP contribution in [0.15, 0.2) is 29.0 Å². The van der Waals surface area contributed by atoms with Crippen LogP contribution in [0.25, 0.3) is 16.9 Å². The largest absolute Gasteiger partial charge is 0.496 e. The van der Waals surface area contributed by atoms with Crippen LogP contribution in [0.2, 0.25) is 0 Å². The zero-order chi connectivity index (χ0) is 24.5. The van der Waals surface area contributed by atoms with Gasteiger partial charge in [-0.2, -0.15) is 16.4 Å². The second-order valence-corrected chi connectivity index (χ2v) is 9.88. The number of nitrogens with zero attached hydrogens (tertiary/aromatic N) is 3. The molecule has 1 amide bonds. The number of benzene rings is 1. The fraction of sp³-hybridized carbons (Fsp3) is 0.440. The molecule has 1 saturated heterocycles. The summed E-state index contributed by atoms with van der Waals surface area (Å²) in [5.74, 6) is 1.70. The zero-order valence-electron chi connectivity index (χ0n) is 20.1. The van der Waals surface area contributed by atoms with Gasteiger partial charge >= 0.3 is 0 Å². The molecule has 0 saturated carbocycles. The highest BCUT2D eigenvalue weighted by Crippen LogP contribution is 2.44. The molecule has 9 nitrogen and oxygen atoms in total. The molecule has 3 aromatic rings. The van der Waals surface area contributed by atoms with Gasteiger partial charge in [-0.15, -0.1) is 0 Å². The van der Waals surface area contributed by atoms with E-state index in [9.17, 15) is 9.90 Å². The van der Waals surface area contributed by atoms with Gasteiger partial charge in [-0.3, -0.25) is 9.69 Å². The Hall–Kier alpha value is -2.92. The summed E-state index contributed by atoms with van der Waals surface area (Å²) in [6.45, 7) is 6.55. The van der Waals surface area contributed by atoms with Crippen molar-refractivity contribution in [1.82, 2.24) is 20.0 Å². The van der Waals surface area contributed by atoms with Gasteiger partial charge in [0.1, 0.15) is 18.1 Å². The summed E-state index contributed by atoms with van der Waals surface area (Å²) in [4.78, 5) is 15.0. The number of aliphatic hydroxyl groups excluding tert-OH is 1. The number of thiophene rings is 1. The number of hydrogen-bond donors (Lipinski definition) is 2. The van der Waals surface area contributed by atoms with Crippen LogP contribution in [0.1, 0.15) is 35.5 Å². The minimum atomic E-state index is -0.917. The quantitative estimate of drug-likeness (QED) is 0.493. The van der Waals surface area contributed by atoms with Gasteiger partial charge in [0.15, 0.2) is 5.69 Å². The number of amides is 1. The Labute approximate surface area is 208 Å². The van der Waals surface area contributed by atoms with Gasteiger partial charge in [-0.05, 0) is 35.4 Å². The average Bonchev–Trinajstić information content (AvgIpc) is 3.58. The third-order valence-electron chi connectivity index (χ3n) is 6.23. The molecule has 1 atom stereocenters. The minimum Gasteiger partial charge on any atom is -0.496 e. The predicted molar refractivity (Wildman–Crippen MR) is 132 cm³/mol. The maximum atomic E-state index is 13.2. The van der Waals surface area contributed by atoms with Crippen molar-refractivity contribution in [3.63, 3.8) is 0 Å². The van der Waals surface area contributed by atoms with E-state index >= 15 is 0 Å². The molecule has 2 aliphatic heterocycles. The van der Waals surface area contributed by atoms with Crippen LogP contribution in [0, 0.1) is 5.92 Å². The Morgan fingerprint density at radius 2 is 2.26 bits per heavy atom. The van der Waals surface area contributed by atoms with Crippen LogP contribution in [0.5, 0.6) is 11.5 Å². The Balaban J connectivity index is 1.51. The standard InChI is InChI=1S/C25H30N4O5S/c1-15(2)10-16-11-18-21(12-20(16)32-3)34-13-19-22(27-29(23(18)19)17-4-9-35-14-17)24(30)26-5-6-28-7-8-33-25(28)31/h4,9,11-12,14-15,25,31H,5-8,10,13H2,1-3H3,(H,26,30). The van der Waals surface area contributed by atoms with E-state index in [1.807, 2.05) is 27.6 Å². The van der Waals surface area contributed by atoms with Crippen molar-refractivity contribution < 1.29 is 24.1 Å². The summed E-state index contributed by atoms with van der Waals surface area (Å²) in [6.07, 6.45) is -0.0583. The molecule has 1 aromatic carbocycles. The van der Waals surface area contributed by atoms with Crippen molar-refractivity contribution in [2.45, 2.75) is 33.3 Å². The summed E-state index contributed by atoms with van der Waals surface area (Å²) in [6, 6.07) is 6.03. The monoisotopic (exact) mass is 498 g/mol. The Morgan fingerprint density at radius 1 is 1.40 bits per heavy atom. The van der Waals surface area contributed by atoms with Gasteiger partial charge < -0.3 is 24.6 Å². The van der Waals surface area contributed by atoms with Crippen LogP contribution in [-0.4, -0.2) is 65.5 Å². The molecule has 0 bridgehead atoms. The molecule has 1 unspecified atom stereocenters. The maximum absolute atomic E-state index is 13.2. The lowest BCUT2D eigenvalue weighted by molar-refractivity contribution is -0.132. The Bertz CT molecular complexity index is 1210. The van der Waals surface area contributed by atoms with E-state index in [1.54, 1.807) is 23.3 Å². The molecular weight excluding hydrogens is 468 g/mol. The van der Waals surface area contributed by atoms with E-state index in [0.29, 0.717) is 43.6 Å². The van der Waals surface area contributed by atoms with Crippen LogP contribution in [0.4, 0.5) is 0 Å². The third kappa shape index (κ3) is 4.66. The fourth-order valence-corrected chi connectivity index (χ4v) is 5.19. The SMILES string of the molecule is COc1cc2c(cc1CC(C)C)-c1c(c(C(=O)NCCN3CCOC3O)nn1-c1ccsc1)CO2. The third-order valence-corrected chi connectivity index (χ3v) is 6.90. The van der Waals surface area contributed by atoms with E-state index in [-0.39, 0.29) is 12.5 Å². The van der Waals surface area contributed by atoms with Crippen molar-refractivity contribution in [3.8, 4) is 28.4 Å². The number of aliphatic hydroxyl groups is 1. The number of aromatic nitrogens is 2. The number of carbonyl (C=O) groups excluding carboxylic acids is 1. The van der Waals surface area contributed by atoms with E-state index in [1.165, 1.54) is 0 Å². The molecule has 2 aliphatic rings. The smallest absolute Gasteiger partial charge is 0.272 e. The maximum Gasteiger partial charge on any atom is 0.272 e. The first-order valence-electron chi connectivity index (χ1n) is 11.8. The normalized spacial score (nSPS) is 17.2. The van der Waals surface area contributed by atoms with Crippen molar-refractivity contribution in [2.24, 2.45) is 5.92 Å². The summed E-state index contributed by atoms with van der Waals surface area (Å²) in [5, 5.41) is 21.5. The first-order chi connectivity index (χ1) is 17.0. The molecule has 2 N–H and O–H groups in total. The molecule has 186 valence electrons. The molecule has 2 aromatic heterocycles. The molecule has 1 fully saturated rings. The van der Waals surface area contributed by atoms with Gasteiger partial charge in [0, 0.05) is 42.2 Å². The molecule has 5 rings (SSSR count). The summed E-state index contributed by atoms with van der Waals surface area (Å²) < 4.78 is 18.7. The number of hydrogen-bond acceptors (Lipinski definition) is 8. The summed E-state index contributed by atoms with van der Waals surface area (Å²) in [7, 11) is 1.67. The first-order valence-corrected chi connectivity index (χ1v) is 12.7. The zero-order valence-corrected chi connectivity index (χ0v) is 20.9.